The lowest BCUT2D eigenvalue weighted by molar-refractivity contribution is -0.384. The molecule has 1 heterocycles. The van der Waals surface area contributed by atoms with Crippen LogP contribution in [0.15, 0.2) is 48.0 Å². The van der Waals surface area contributed by atoms with Crippen molar-refractivity contribution in [3.8, 4) is 11.5 Å². The molecule has 0 aromatic heterocycles. The second-order valence-electron chi connectivity index (χ2n) is 7.14. The van der Waals surface area contributed by atoms with Crippen molar-refractivity contribution in [3.05, 3.63) is 69.3 Å². The van der Waals surface area contributed by atoms with Crippen molar-refractivity contribution in [2.75, 3.05) is 20.3 Å². The van der Waals surface area contributed by atoms with Crippen molar-refractivity contribution in [1.82, 2.24) is 4.90 Å². The van der Waals surface area contributed by atoms with Gasteiger partial charge in [-0.2, -0.15) is 0 Å². The third-order valence-corrected chi connectivity index (χ3v) is 5.16. The Hall–Kier alpha value is -3.88. The zero-order valence-corrected chi connectivity index (χ0v) is 18.0. The summed E-state index contributed by atoms with van der Waals surface area (Å²) in [4.78, 5) is 37.5. The zero-order chi connectivity index (χ0) is 23.4. The Morgan fingerprint density at radius 3 is 2.38 bits per heavy atom. The normalized spacial score (nSPS) is 17.5. The van der Waals surface area contributed by atoms with Gasteiger partial charge in [-0.3, -0.25) is 19.7 Å². The minimum absolute atomic E-state index is 0.0801. The van der Waals surface area contributed by atoms with Gasteiger partial charge >= 0.3 is 0 Å². The molecule has 1 aliphatic heterocycles. The molecular formula is C23H24N2O7. The fourth-order valence-corrected chi connectivity index (χ4v) is 3.72. The second kappa shape index (κ2) is 9.51. The highest BCUT2D eigenvalue weighted by atomic mass is 16.6. The molecule has 3 rings (SSSR count). The van der Waals surface area contributed by atoms with Crippen molar-refractivity contribution in [3.63, 3.8) is 0 Å². The number of methoxy groups -OCH3 is 1. The number of likely N-dealkylation sites (tertiary alicyclic amines) is 1. The van der Waals surface area contributed by atoms with E-state index in [1.54, 1.807) is 18.2 Å². The smallest absolute Gasteiger partial charge is 0.295 e. The fraction of sp³-hybridized carbons (Fsp3) is 0.304. The van der Waals surface area contributed by atoms with E-state index in [4.69, 9.17) is 9.47 Å². The molecule has 9 nitrogen and oxygen atoms in total. The summed E-state index contributed by atoms with van der Waals surface area (Å²) in [7, 11) is 1.49. The predicted molar refractivity (Wildman–Crippen MR) is 117 cm³/mol. The molecule has 32 heavy (non-hydrogen) atoms. The van der Waals surface area contributed by atoms with Gasteiger partial charge in [-0.1, -0.05) is 13.0 Å². The second-order valence-corrected chi connectivity index (χ2v) is 7.14. The molecule has 1 atom stereocenters. The highest BCUT2D eigenvalue weighted by Gasteiger charge is 2.45. The average molecular weight is 440 g/mol. The van der Waals surface area contributed by atoms with Crippen molar-refractivity contribution in [2.45, 2.75) is 26.3 Å². The maximum Gasteiger partial charge on any atom is 0.295 e. The maximum atomic E-state index is 12.9. The van der Waals surface area contributed by atoms with Gasteiger partial charge in [-0.15, -0.1) is 0 Å². The number of nitro groups is 1. The van der Waals surface area contributed by atoms with E-state index in [0.717, 1.165) is 0 Å². The van der Waals surface area contributed by atoms with Crippen LogP contribution in [0, 0.1) is 10.1 Å². The van der Waals surface area contributed by atoms with Crippen molar-refractivity contribution in [1.29, 1.82) is 0 Å². The molecule has 2 aromatic carbocycles. The fourth-order valence-electron chi connectivity index (χ4n) is 3.72. The number of carbonyl (C=O) groups excluding carboxylic acids is 2. The molecule has 168 valence electrons. The molecule has 1 fully saturated rings. The average Bonchev–Trinajstić information content (AvgIpc) is 3.04. The standard InChI is InChI=1S/C23H24N2O7/c1-4-12-24-20(15-8-11-17(32-5-2)18(13-15)31-3)19(22(27)23(24)28)21(26)14-6-9-16(10-7-14)25(29)30/h6-11,13,20,26H,4-5,12H2,1-3H3/b21-19-. The largest absolute Gasteiger partial charge is 0.507 e. The lowest BCUT2D eigenvalue weighted by Crippen LogP contribution is -2.30. The Kier molecular flexibility index (Phi) is 6.77. The van der Waals surface area contributed by atoms with Crippen molar-refractivity contribution >= 4 is 23.1 Å². The van der Waals surface area contributed by atoms with E-state index in [-0.39, 0.29) is 16.8 Å². The minimum Gasteiger partial charge on any atom is -0.507 e. The Labute approximate surface area is 185 Å². The van der Waals surface area contributed by atoms with Crippen LogP contribution in [0.1, 0.15) is 37.4 Å². The molecule has 0 radical (unpaired) electrons. The third kappa shape index (κ3) is 4.14. The molecule has 1 amide bonds. The first-order chi connectivity index (χ1) is 15.3. The van der Waals surface area contributed by atoms with E-state index in [1.165, 1.54) is 36.3 Å². The molecule has 0 bridgehead atoms. The van der Waals surface area contributed by atoms with Gasteiger partial charge in [0.25, 0.3) is 17.4 Å². The summed E-state index contributed by atoms with van der Waals surface area (Å²) in [5.74, 6) is -0.974. The summed E-state index contributed by atoms with van der Waals surface area (Å²) in [5, 5.41) is 21.9. The van der Waals surface area contributed by atoms with E-state index in [1.807, 2.05) is 13.8 Å². The van der Waals surface area contributed by atoms with Gasteiger partial charge in [0.2, 0.25) is 0 Å². The number of ether oxygens (including phenoxy) is 2. The number of amides is 1. The Bertz CT molecular complexity index is 1080. The van der Waals surface area contributed by atoms with Gasteiger partial charge < -0.3 is 19.5 Å². The molecule has 2 aromatic rings. The number of hydrogen-bond acceptors (Lipinski definition) is 7. The number of non-ortho nitro benzene ring substituents is 1. The zero-order valence-electron chi connectivity index (χ0n) is 18.0. The van der Waals surface area contributed by atoms with Crippen LogP contribution in [0.2, 0.25) is 0 Å². The molecule has 0 saturated carbocycles. The predicted octanol–water partition coefficient (Wildman–Crippen LogP) is 3.83. The van der Waals surface area contributed by atoms with Crippen LogP contribution in [0.4, 0.5) is 5.69 Å². The van der Waals surface area contributed by atoms with Crippen molar-refractivity contribution < 1.29 is 29.1 Å². The number of hydrogen-bond donors (Lipinski definition) is 1. The Morgan fingerprint density at radius 1 is 1.12 bits per heavy atom. The van der Waals surface area contributed by atoms with Gasteiger partial charge in [0.15, 0.2) is 11.5 Å². The number of ketones is 1. The summed E-state index contributed by atoms with van der Waals surface area (Å²) < 4.78 is 11.0. The Morgan fingerprint density at radius 2 is 1.81 bits per heavy atom. The van der Waals surface area contributed by atoms with Crippen LogP contribution in [0.3, 0.4) is 0 Å². The monoisotopic (exact) mass is 440 g/mol. The number of carbonyl (C=O) groups is 2. The van der Waals surface area contributed by atoms with E-state index < -0.39 is 28.4 Å². The lowest BCUT2D eigenvalue weighted by Gasteiger charge is -2.25. The molecular weight excluding hydrogens is 416 g/mol. The molecule has 0 spiro atoms. The SMILES string of the molecule is CCCN1C(=O)C(=O)/C(=C(\O)c2ccc([N+](=O)[O-])cc2)C1c1ccc(OCC)c(OC)c1. The van der Waals surface area contributed by atoms with E-state index >= 15 is 0 Å². The summed E-state index contributed by atoms with van der Waals surface area (Å²) in [6.45, 7) is 4.46. The van der Waals surface area contributed by atoms with E-state index in [2.05, 4.69) is 0 Å². The maximum absolute atomic E-state index is 12.9. The highest BCUT2D eigenvalue weighted by molar-refractivity contribution is 6.46. The van der Waals surface area contributed by atoms with Crippen LogP contribution in [-0.2, 0) is 9.59 Å². The molecule has 1 aliphatic rings. The number of nitrogens with zero attached hydrogens (tertiary/aromatic N) is 2. The topological polar surface area (TPSA) is 119 Å². The first-order valence-corrected chi connectivity index (χ1v) is 10.2. The molecule has 1 N–H and O–H groups in total. The number of aliphatic hydroxyl groups excluding tert-OH is 1. The van der Waals surface area contributed by atoms with Crippen molar-refractivity contribution in [2.24, 2.45) is 0 Å². The molecule has 0 aliphatic carbocycles. The number of aliphatic hydroxyl groups is 1. The number of benzene rings is 2. The summed E-state index contributed by atoms with van der Waals surface area (Å²) in [6, 6.07) is 9.39. The van der Waals surface area contributed by atoms with Crippen LogP contribution >= 0.6 is 0 Å². The van der Waals surface area contributed by atoms with Gasteiger partial charge in [0.05, 0.1) is 30.3 Å². The van der Waals surface area contributed by atoms with Gasteiger partial charge in [0, 0.05) is 24.2 Å². The molecule has 1 saturated heterocycles. The van der Waals surface area contributed by atoms with Gasteiger partial charge in [-0.25, -0.2) is 0 Å². The van der Waals surface area contributed by atoms with Gasteiger partial charge in [0.1, 0.15) is 5.76 Å². The highest BCUT2D eigenvalue weighted by Crippen LogP contribution is 2.42. The minimum atomic E-state index is -0.838. The first-order valence-electron chi connectivity index (χ1n) is 10.2. The van der Waals surface area contributed by atoms with E-state index in [9.17, 15) is 24.8 Å². The van der Waals surface area contributed by atoms with Gasteiger partial charge in [-0.05, 0) is 43.2 Å². The molecule has 1 unspecified atom stereocenters. The van der Waals surface area contributed by atoms with Crippen LogP contribution in [0.5, 0.6) is 11.5 Å². The third-order valence-electron chi connectivity index (χ3n) is 5.16. The van der Waals surface area contributed by atoms with Crippen LogP contribution < -0.4 is 9.47 Å². The molecule has 9 heteroatoms. The number of Topliss-reactive ketones (excluding diaryl/α,β-unsaturated/α-hetero) is 1. The first kappa shape index (κ1) is 22.8. The quantitative estimate of drug-likeness (QED) is 0.218. The summed E-state index contributed by atoms with van der Waals surface area (Å²) in [6.07, 6.45) is 0.606. The number of rotatable bonds is 8. The lowest BCUT2D eigenvalue weighted by atomic mass is 9.95. The van der Waals surface area contributed by atoms with Crippen LogP contribution in [-0.4, -0.2) is 46.9 Å². The summed E-state index contributed by atoms with van der Waals surface area (Å²) in [5.41, 5.74) is 0.540. The number of nitro benzene ring substituents is 1. The van der Waals surface area contributed by atoms with Crippen LogP contribution in [0.25, 0.3) is 5.76 Å². The summed E-state index contributed by atoms with van der Waals surface area (Å²) >= 11 is 0. The van der Waals surface area contributed by atoms with E-state index in [0.29, 0.717) is 36.6 Å². The Balaban J connectivity index is 2.16.